The van der Waals surface area contributed by atoms with Crippen LogP contribution in [0.4, 0.5) is 15.2 Å². The minimum absolute atomic E-state index is 0.0626. The van der Waals surface area contributed by atoms with E-state index in [4.69, 9.17) is 4.42 Å². The van der Waals surface area contributed by atoms with Crippen LogP contribution in [-0.4, -0.2) is 22.3 Å². The van der Waals surface area contributed by atoms with Crippen molar-refractivity contribution in [3.05, 3.63) is 41.5 Å². The van der Waals surface area contributed by atoms with Crippen LogP contribution in [0.25, 0.3) is 0 Å². The summed E-state index contributed by atoms with van der Waals surface area (Å²) in [5.41, 5.74) is 0.854. The highest BCUT2D eigenvalue weighted by Crippen LogP contribution is 2.18. The van der Waals surface area contributed by atoms with Gasteiger partial charge in [-0.3, -0.25) is 5.32 Å². The van der Waals surface area contributed by atoms with Gasteiger partial charge in [0.15, 0.2) is 0 Å². The number of amides is 2. The van der Waals surface area contributed by atoms with Crippen LogP contribution in [0.5, 0.6) is 0 Å². The van der Waals surface area contributed by atoms with Crippen LogP contribution in [0, 0.1) is 5.82 Å². The second-order valence-corrected chi connectivity index (χ2v) is 5.38. The highest BCUT2D eigenvalue weighted by atomic mass is 19.1. The van der Waals surface area contributed by atoms with Crippen molar-refractivity contribution in [2.75, 3.05) is 5.32 Å². The van der Waals surface area contributed by atoms with Crippen molar-refractivity contribution in [2.24, 2.45) is 0 Å². The Kier molecular flexibility index (Phi) is 4.32. The first-order valence-corrected chi connectivity index (χ1v) is 7.33. The summed E-state index contributed by atoms with van der Waals surface area (Å²) < 4.78 is 18.2. The summed E-state index contributed by atoms with van der Waals surface area (Å²) in [6, 6.07) is 6.01. The molecule has 1 aliphatic carbocycles. The number of carbonyl (C=O) groups is 1. The van der Waals surface area contributed by atoms with Crippen LogP contribution in [0.15, 0.2) is 28.7 Å². The summed E-state index contributed by atoms with van der Waals surface area (Å²) in [5.74, 6) is 0.0722. The van der Waals surface area contributed by atoms with Crippen molar-refractivity contribution in [1.82, 2.24) is 15.5 Å². The molecule has 0 bridgehead atoms. The molecule has 0 atom stereocenters. The van der Waals surface area contributed by atoms with Gasteiger partial charge in [0.2, 0.25) is 5.89 Å². The van der Waals surface area contributed by atoms with E-state index in [1.54, 1.807) is 12.1 Å². The molecule has 1 aromatic carbocycles. The smallest absolute Gasteiger partial charge is 0.323 e. The Morgan fingerprint density at radius 1 is 1.23 bits per heavy atom. The van der Waals surface area contributed by atoms with Gasteiger partial charge in [-0.25, -0.2) is 9.18 Å². The van der Waals surface area contributed by atoms with E-state index in [-0.39, 0.29) is 23.9 Å². The van der Waals surface area contributed by atoms with E-state index in [0.29, 0.717) is 12.3 Å². The number of urea groups is 1. The molecule has 1 aromatic heterocycles. The highest BCUT2D eigenvalue weighted by Gasteiger charge is 2.18. The molecule has 0 spiro atoms. The number of nitrogens with zero attached hydrogens (tertiary/aromatic N) is 2. The summed E-state index contributed by atoms with van der Waals surface area (Å²) in [6.07, 6.45) is 4.69. The zero-order chi connectivity index (χ0) is 15.4. The molecule has 7 heteroatoms. The summed E-state index contributed by atoms with van der Waals surface area (Å²) in [6.45, 7) is 0. The van der Waals surface area contributed by atoms with E-state index in [0.717, 1.165) is 31.2 Å². The van der Waals surface area contributed by atoms with Gasteiger partial charge in [-0.15, -0.1) is 5.10 Å². The van der Waals surface area contributed by atoms with E-state index in [1.807, 2.05) is 0 Å². The Balaban J connectivity index is 1.54. The van der Waals surface area contributed by atoms with Crippen molar-refractivity contribution in [3.63, 3.8) is 0 Å². The van der Waals surface area contributed by atoms with Gasteiger partial charge >= 0.3 is 12.0 Å². The second-order valence-electron chi connectivity index (χ2n) is 5.38. The first kappa shape index (κ1) is 14.5. The van der Waals surface area contributed by atoms with Crippen LogP contribution in [0.3, 0.4) is 0 Å². The number of halogens is 1. The van der Waals surface area contributed by atoms with Crippen LogP contribution >= 0.6 is 0 Å². The Hall–Kier alpha value is -2.44. The third kappa shape index (κ3) is 3.81. The molecule has 6 nitrogen and oxygen atoms in total. The Bertz CT molecular complexity index is 635. The predicted molar refractivity (Wildman–Crippen MR) is 77.9 cm³/mol. The number of carbonyl (C=O) groups excluding carboxylic acids is 1. The Labute approximate surface area is 127 Å². The second kappa shape index (κ2) is 6.55. The lowest BCUT2D eigenvalue weighted by Gasteiger charge is -2.10. The van der Waals surface area contributed by atoms with Gasteiger partial charge in [0.25, 0.3) is 0 Å². The number of aromatic nitrogens is 2. The molecule has 116 valence electrons. The number of rotatable bonds is 4. The van der Waals surface area contributed by atoms with Crippen LogP contribution < -0.4 is 10.6 Å². The highest BCUT2D eigenvalue weighted by molar-refractivity contribution is 5.87. The van der Waals surface area contributed by atoms with E-state index in [1.165, 1.54) is 12.1 Å². The molecule has 2 N–H and O–H groups in total. The molecule has 22 heavy (non-hydrogen) atoms. The van der Waals surface area contributed by atoms with Crippen molar-refractivity contribution < 1.29 is 13.6 Å². The summed E-state index contributed by atoms with van der Waals surface area (Å²) in [7, 11) is 0. The summed E-state index contributed by atoms with van der Waals surface area (Å²) >= 11 is 0. The predicted octanol–water partition coefficient (Wildman–Crippen LogP) is 2.86. The molecular weight excluding hydrogens is 287 g/mol. The molecule has 1 fully saturated rings. The minimum atomic E-state index is -0.330. The molecule has 0 radical (unpaired) electrons. The summed E-state index contributed by atoms with van der Waals surface area (Å²) in [5, 5.41) is 13.1. The van der Waals surface area contributed by atoms with Crippen LogP contribution in [0.1, 0.15) is 37.1 Å². The standard InChI is InChI=1S/C15H17FN4O2/c16-11-7-5-10(6-8-11)9-13-19-20-15(22-13)18-14(21)17-12-3-1-2-4-12/h5-8,12H,1-4,9H2,(H2,17,18,20,21). The first-order chi connectivity index (χ1) is 10.7. The maximum absolute atomic E-state index is 12.8. The maximum Gasteiger partial charge on any atom is 0.323 e. The zero-order valence-electron chi connectivity index (χ0n) is 12.0. The van der Waals surface area contributed by atoms with Crippen LogP contribution in [-0.2, 0) is 6.42 Å². The molecule has 2 amide bonds. The molecule has 0 saturated heterocycles. The van der Waals surface area contributed by atoms with Gasteiger partial charge < -0.3 is 9.73 Å². The fourth-order valence-corrected chi connectivity index (χ4v) is 2.54. The first-order valence-electron chi connectivity index (χ1n) is 7.33. The lowest BCUT2D eigenvalue weighted by molar-refractivity contribution is 0.248. The van der Waals surface area contributed by atoms with E-state index in [9.17, 15) is 9.18 Å². The number of benzene rings is 1. The molecule has 1 saturated carbocycles. The molecular formula is C15H17FN4O2. The van der Waals surface area contributed by atoms with Crippen molar-refractivity contribution in [3.8, 4) is 0 Å². The lowest BCUT2D eigenvalue weighted by atomic mass is 10.1. The Morgan fingerprint density at radius 2 is 1.95 bits per heavy atom. The normalized spacial score (nSPS) is 15.0. The molecule has 1 aliphatic rings. The molecule has 2 aromatic rings. The van der Waals surface area contributed by atoms with Gasteiger partial charge in [0, 0.05) is 6.04 Å². The van der Waals surface area contributed by atoms with Gasteiger partial charge in [-0.1, -0.05) is 30.1 Å². The largest absolute Gasteiger partial charge is 0.407 e. The average Bonchev–Trinajstić information content (AvgIpc) is 3.14. The molecule has 1 heterocycles. The fraction of sp³-hybridized carbons (Fsp3) is 0.400. The van der Waals surface area contributed by atoms with Gasteiger partial charge in [0.1, 0.15) is 5.82 Å². The van der Waals surface area contributed by atoms with E-state index in [2.05, 4.69) is 20.8 Å². The van der Waals surface area contributed by atoms with Crippen molar-refractivity contribution >= 4 is 12.0 Å². The third-order valence-electron chi connectivity index (χ3n) is 3.65. The Morgan fingerprint density at radius 3 is 2.68 bits per heavy atom. The fourth-order valence-electron chi connectivity index (χ4n) is 2.54. The maximum atomic E-state index is 12.8. The zero-order valence-corrected chi connectivity index (χ0v) is 12.0. The number of anilines is 1. The molecule has 0 aliphatic heterocycles. The summed E-state index contributed by atoms with van der Waals surface area (Å²) in [4.78, 5) is 11.8. The molecule has 3 rings (SSSR count). The monoisotopic (exact) mass is 304 g/mol. The number of hydrogen-bond donors (Lipinski definition) is 2. The minimum Gasteiger partial charge on any atom is -0.407 e. The topological polar surface area (TPSA) is 80.1 Å². The van der Waals surface area contributed by atoms with Crippen molar-refractivity contribution in [1.29, 1.82) is 0 Å². The molecule has 0 unspecified atom stereocenters. The average molecular weight is 304 g/mol. The number of hydrogen-bond acceptors (Lipinski definition) is 4. The van der Waals surface area contributed by atoms with E-state index < -0.39 is 0 Å². The lowest BCUT2D eigenvalue weighted by Crippen LogP contribution is -2.36. The number of nitrogens with one attached hydrogen (secondary N) is 2. The van der Waals surface area contributed by atoms with Crippen molar-refractivity contribution in [2.45, 2.75) is 38.1 Å². The van der Waals surface area contributed by atoms with Gasteiger partial charge in [0.05, 0.1) is 6.42 Å². The van der Waals surface area contributed by atoms with Crippen LogP contribution in [0.2, 0.25) is 0 Å². The van der Waals surface area contributed by atoms with E-state index >= 15 is 0 Å². The quantitative estimate of drug-likeness (QED) is 0.910. The van der Waals surface area contributed by atoms with Gasteiger partial charge in [-0.2, -0.15) is 0 Å². The third-order valence-corrected chi connectivity index (χ3v) is 3.65. The SMILES string of the molecule is O=C(Nc1nnc(Cc2ccc(F)cc2)o1)NC1CCCC1. The van der Waals surface area contributed by atoms with Gasteiger partial charge in [-0.05, 0) is 30.5 Å².